The van der Waals surface area contributed by atoms with Crippen LogP contribution in [-0.4, -0.2) is 70.9 Å². The van der Waals surface area contributed by atoms with E-state index < -0.39 is 59.1 Å². The van der Waals surface area contributed by atoms with Gasteiger partial charge in [0.15, 0.2) is 5.78 Å². The van der Waals surface area contributed by atoms with Crippen LogP contribution in [0, 0.1) is 35.0 Å². The number of carbonyl (C=O) groups is 6. The van der Waals surface area contributed by atoms with Gasteiger partial charge in [-0.15, -0.1) is 0 Å². The Balaban J connectivity index is 1.80. The van der Waals surface area contributed by atoms with Crippen LogP contribution in [0.15, 0.2) is 0 Å². The summed E-state index contributed by atoms with van der Waals surface area (Å²) >= 11 is 0. The van der Waals surface area contributed by atoms with Gasteiger partial charge in [-0.05, 0) is 54.8 Å². The van der Waals surface area contributed by atoms with Crippen molar-refractivity contribution in [2.75, 3.05) is 6.54 Å². The van der Waals surface area contributed by atoms with Gasteiger partial charge >= 0.3 is 6.03 Å². The number of primary amides is 1. The number of nitrogens with one attached hydrogen (secondary N) is 3. The maximum Gasteiger partial charge on any atom is 0.316 e. The fourth-order valence-corrected chi connectivity index (χ4v) is 6.09. The highest BCUT2D eigenvalue weighted by atomic mass is 16.2. The van der Waals surface area contributed by atoms with Gasteiger partial charge in [-0.2, -0.15) is 0 Å². The highest BCUT2D eigenvalue weighted by Crippen LogP contribution is 2.36. The molecule has 236 valence electrons. The number of hydrogen-bond acceptors (Lipinski definition) is 6. The molecule has 1 heterocycles. The number of Topliss-reactive ketones (excluding diaryl/α,β-unsaturated/α-hetero) is 2. The quantitative estimate of drug-likeness (QED) is 0.240. The molecule has 1 saturated heterocycles. The summed E-state index contributed by atoms with van der Waals surface area (Å²) in [6.45, 7) is 13.5. The molecule has 2 aliphatic carbocycles. The van der Waals surface area contributed by atoms with Crippen molar-refractivity contribution < 1.29 is 28.8 Å². The summed E-state index contributed by atoms with van der Waals surface area (Å²) in [5.41, 5.74) is 4.56. The number of nitrogens with zero attached hydrogens (tertiary/aromatic N) is 1. The number of likely N-dealkylation sites (tertiary alicyclic amines) is 1. The summed E-state index contributed by atoms with van der Waals surface area (Å²) in [6.07, 6.45) is 5.43. The second-order valence-electron chi connectivity index (χ2n) is 14.3. The average molecular weight is 590 g/mol. The third kappa shape index (κ3) is 8.10. The number of hydrogen-bond donors (Lipinski definition) is 4. The number of nitrogens with two attached hydrogens (primary N) is 1. The van der Waals surface area contributed by atoms with Crippen molar-refractivity contribution in [1.82, 2.24) is 20.9 Å². The van der Waals surface area contributed by atoms with E-state index in [1.165, 1.54) is 4.90 Å². The molecule has 0 spiro atoms. The maximum absolute atomic E-state index is 14.1. The molecule has 42 heavy (non-hydrogen) atoms. The first-order valence-corrected chi connectivity index (χ1v) is 15.6. The minimum Gasteiger partial charge on any atom is -0.363 e. The van der Waals surface area contributed by atoms with E-state index in [0.717, 1.165) is 32.1 Å². The van der Waals surface area contributed by atoms with Crippen LogP contribution in [0.1, 0.15) is 93.4 Å². The molecule has 2 saturated carbocycles. The van der Waals surface area contributed by atoms with Crippen molar-refractivity contribution in [1.29, 1.82) is 0 Å². The molecule has 0 radical (unpaired) electrons. The second-order valence-corrected chi connectivity index (χ2v) is 14.3. The summed E-state index contributed by atoms with van der Waals surface area (Å²) in [7, 11) is 0. The maximum atomic E-state index is 14.1. The van der Waals surface area contributed by atoms with Crippen LogP contribution in [0.25, 0.3) is 0 Å². The predicted molar refractivity (Wildman–Crippen MR) is 158 cm³/mol. The van der Waals surface area contributed by atoms with Gasteiger partial charge in [0.05, 0.1) is 12.1 Å². The second kappa shape index (κ2) is 13.5. The van der Waals surface area contributed by atoms with Gasteiger partial charge in [-0.1, -0.05) is 67.7 Å². The molecule has 2 unspecified atom stereocenters. The first kappa shape index (κ1) is 33.5. The monoisotopic (exact) mass is 589 g/mol. The molecule has 0 aromatic heterocycles. The highest BCUT2D eigenvalue weighted by molar-refractivity contribution is 6.37. The Morgan fingerprint density at radius 1 is 0.881 bits per heavy atom. The van der Waals surface area contributed by atoms with Crippen molar-refractivity contribution in [2.45, 2.75) is 118 Å². The Kier molecular flexibility index (Phi) is 10.8. The number of ketones is 2. The highest BCUT2D eigenvalue weighted by Gasteiger charge is 2.48. The lowest BCUT2D eigenvalue weighted by Gasteiger charge is -2.37. The van der Waals surface area contributed by atoms with E-state index in [4.69, 9.17) is 5.73 Å². The summed E-state index contributed by atoms with van der Waals surface area (Å²) in [5.74, 6) is -2.85. The molecule has 5 amide bonds. The van der Waals surface area contributed by atoms with Crippen LogP contribution in [0.5, 0.6) is 0 Å². The molecule has 1 aliphatic heterocycles. The van der Waals surface area contributed by atoms with Crippen molar-refractivity contribution >= 4 is 35.3 Å². The van der Waals surface area contributed by atoms with Gasteiger partial charge in [-0.3, -0.25) is 24.0 Å². The summed E-state index contributed by atoms with van der Waals surface area (Å²) in [6, 6.07) is -4.16. The van der Waals surface area contributed by atoms with E-state index in [1.807, 2.05) is 48.5 Å². The fraction of sp³-hybridized carbons (Fsp3) is 0.806. The number of amides is 5. The Bertz CT molecular complexity index is 1060. The van der Waals surface area contributed by atoms with Crippen molar-refractivity contribution in [2.24, 2.45) is 40.7 Å². The third-order valence-electron chi connectivity index (χ3n) is 9.15. The standard InChI is InChI=1S/C31H51N5O6/c1-16(2)20-13-14-36(23(20)28(40)33-21(15-18-11-12-18)25(38)27(32)39)29(41)26(31(5,6)7)35-30(42)34-22(17(3)4)24(37)19-9-8-10-19/h16-23,26H,8-15H2,1-7H3,(H2,32,39)(H,33,40)(H2,34,35,42)/t20-,21?,22+,23?,26-/m1/s1. The summed E-state index contributed by atoms with van der Waals surface area (Å²) in [4.78, 5) is 79.9. The lowest BCUT2D eigenvalue weighted by molar-refractivity contribution is -0.144. The predicted octanol–water partition coefficient (Wildman–Crippen LogP) is 2.31. The summed E-state index contributed by atoms with van der Waals surface area (Å²) < 4.78 is 0. The fourth-order valence-electron chi connectivity index (χ4n) is 6.09. The van der Waals surface area contributed by atoms with E-state index in [1.54, 1.807) is 0 Å². The van der Waals surface area contributed by atoms with Gasteiger partial charge < -0.3 is 26.6 Å². The van der Waals surface area contributed by atoms with E-state index in [9.17, 15) is 28.8 Å². The molecule has 3 rings (SSSR count). The minimum absolute atomic E-state index is 0.0207. The molecular formula is C31H51N5O6. The molecule has 11 nitrogen and oxygen atoms in total. The first-order valence-electron chi connectivity index (χ1n) is 15.6. The van der Waals surface area contributed by atoms with E-state index in [-0.39, 0.29) is 35.4 Å². The normalized spacial score (nSPS) is 23.1. The zero-order valence-electron chi connectivity index (χ0n) is 26.3. The van der Waals surface area contributed by atoms with Crippen molar-refractivity contribution in [3.05, 3.63) is 0 Å². The molecular weight excluding hydrogens is 538 g/mol. The summed E-state index contributed by atoms with van der Waals surface area (Å²) in [5, 5.41) is 8.39. The van der Waals surface area contributed by atoms with Crippen LogP contribution in [-0.2, 0) is 24.0 Å². The van der Waals surface area contributed by atoms with Crippen molar-refractivity contribution in [3.63, 3.8) is 0 Å². The molecule has 3 fully saturated rings. The lowest BCUT2D eigenvalue weighted by Crippen LogP contribution is -2.62. The Labute approximate surface area is 249 Å². The molecule has 0 aromatic rings. The number of rotatable bonds is 13. The van der Waals surface area contributed by atoms with Crippen LogP contribution in [0.4, 0.5) is 4.79 Å². The Morgan fingerprint density at radius 2 is 1.50 bits per heavy atom. The Hall–Kier alpha value is -2.98. The van der Waals surface area contributed by atoms with E-state index in [2.05, 4.69) is 16.0 Å². The lowest BCUT2D eigenvalue weighted by atomic mass is 9.78. The first-order chi connectivity index (χ1) is 19.5. The van der Waals surface area contributed by atoms with Crippen LogP contribution >= 0.6 is 0 Å². The average Bonchev–Trinajstić information content (AvgIpc) is 3.55. The molecule has 3 aliphatic rings. The molecule has 0 aromatic carbocycles. The molecule has 5 N–H and O–H groups in total. The number of carbonyl (C=O) groups excluding carboxylic acids is 6. The molecule has 0 bridgehead atoms. The minimum atomic E-state index is -1.10. The van der Waals surface area contributed by atoms with E-state index in [0.29, 0.717) is 19.4 Å². The van der Waals surface area contributed by atoms with Crippen LogP contribution in [0.2, 0.25) is 0 Å². The Morgan fingerprint density at radius 3 is 1.95 bits per heavy atom. The van der Waals surface area contributed by atoms with Gasteiger partial charge in [0.25, 0.3) is 5.91 Å². The SMILES string of the molecule is CC(C)[C@H]1CCN(C(=O)[C@@H](NC(=O)N[C@H](C(=O)C2CCC2)C(C)C)C(C)(C)C)C1C(=O)NC(CC1CC1)C(=O)C(N)=O. The van der Waals surface area contributed by atoms with Crippen molar-refractivity contribution in [3.8, 4) is 0 Å². The smallest absolute Gasteiger partial charge is 0.316 e. The van der Waals surface area contributed by atoms with Crippen LogP contribution < -0.4 is 21.7 Å². The van der Waals surface area contributed by atoms with Crippen LogP contribution in [0.3, 0.4) is 0 Å². The number of urea groups is 1. The van der Waals surface area contributed by atoms with Gasteiger partial charge in [0.1, 0.15) is 12.1 Å². The van der Waals surface area contributed by atoms with Gasteiger partial charge in [-0.25, -0.2) is 4.79 Å². The zero-order chi connectivity index (χ0) is 31.5. The van der Waals surface area contributed by atoms with Gasteiger partial charge in [0, 0.05) is 12.5 Å². The largest absolute Gasteiger partial charge is 0.363 e. The van der Waals surface area contributed by atoms with E-state index >= 15 is 0 Å². The molecule has 5 atom stereocenters. The molecule has 11 heteroatoms. The zero-order valence-corrected chi connectivity index (χ0v) is 26.3. The third-order valence-corrected chi connectivity index (χ3v) is 9.15. The topological polar surface area (TPSA) is 168 Å². The van der Waals surface area contributed by atoms with Gasteiger partial charge in [0.2, 0.25) is 17.6 Å².